The van der Waals surface area contributed by atoms with Crippen LogP contribution in [0.25, 0.3) is 0 Å². The third-order valence-electron chi connectivity index (χ3n) is 2.75. The average molecular weight is 272 g/mol. The summed E-state index contributed by atoms with van der Waals surface area (Å²) >= 11 is 0. The molecule has 106 valence electrons. The summed E-state index contributed by atoms with van der Waals surface area (Å²) in [7, 11) is 0. The molecule has 1 aromatic rings. The van der Waals surface area contributed by atoms with Crippen LogP contribution in [0.15, 0.2) is 6.07 Å². The molecular formula is C12H18F2N4O. The van der Waals surface area contributed by atoms with Gasteiger partial charge in [0.25, 0.3) is 0 Å². The molecule has 7 heteroatoms. The van der Waals surface area contributed by atoms with Crippen LogP contribution in [0.5, 0.6) is 0 Å². The van der Waals surface area contributed by atoms with Gasteiger partial charge in [-0.2, -0.15) is 0 Å². The second-order valence-electron chi connectivity index (χ2n) is 4.29. The summed E-state index contributed by atoms with van der Waals surface area (Å²) in [4.78, 5) is 3.95. The fourth-order valence-corrected chi connectivity index (χ4v) is 1.74. The Bertz CT molecular complexity index is 424. The number of halogens is 2. The van der Waals surface area contributed by atoms with Crippen LogP contribution in [-0.2, 0) is 4.74 Å². The summed E-state index contributed by atoms with van der Waals surface area (Å²) in [5.74, 6) is -1.29. The number of anilines is 2. The highest BCUT2D eigenvalue weighted by atomic mass is 19.1. The van der Waals surface area contributed by atoms with E-state index in [1.54, 1.807) is 5.01 Å². The van der Waals surface area contributed by atoms with Gasteiger partial charge in [-0.1, -0.05) is 6.92 Å². The average Bonchev–Trinajstić information content (AvgIpc) is 2.42. The van der Waals surface area contributed by atoms with Crippen molar-refractivity contribution in [3.8, 4) is 0 Å². The largest absolute Gasteiger partial charge is 0.379 e. The van der Waals surface area contributed by atoms with Crippen LogP contribution in [0.1, 0.15) is 13.3 Å². The third-order valence-corrected chi connectivity index (χ3v) is 2.75. The zero-order valence-electron chi connectivity index (χ0n) is 10.9. The van der Waals surface area contributed by atoms with Gasteiger partial charge in [-0.05, 0) is 6.42 Å². The second kappa shape index (κ2) is 6.63. The van der Waals surface area contributed by atoms with Crippen molar-refractivity contribution in [1.29, 1.82) is 0 Å². The lowest BCUT2D eigenvalue weighted by Gasteiger charge is -2.27. The molecule has 0 amide bonds. The number of ether oxygens (including phenoxy) is 1. The van der Waals surface area contributed by atoms with Gasteiger partial charge in [0.15, 0.2) is 23.3 Å². The highest BCUT2D eigenvalue weighted by Gasteiger charge is 2.16. The molecule has 0 atom stereocenters. The van der Waals surface area contributed by atoms with E-state index >= 15 is 0 Å². The Morgan fingerprint density at radius 2 is 1.95 bits per heavy atom. The normalized spacial score (nSPS) is 16.4. The zero-order valence-corrected chi connectivity index (χ0v) is 10.9. The minimum absolute atomic E-state index is 0.0295. The number of hydrazine groups is 1. The molecule has 0 radical (unpaired) electrons. The number of nitrogens with zero attached hydrogens (tertiary/aromatic N) is 2. The first-order chi connectivity index (χ1) is 9.20. The molecule has 0 bridgehead atoms. The smallest absolute Gasteiger partial charge is 0.179 e. The Morgan fingerprint density at radius 3 is 2.63 bits per heavy atom. The summed E-state index contributed by atoms with van der Waals surface area (Å²) in [5, 5.41) is 4.63. The number of rotatable bonds is 5. The predicted molar refractivity (Wildman–Crippen MR) is 68.9 cm³/mol. The molecule has 0 aliphatic carbocycles. The van der Waals surface area contributed by atoms with Gasteiger partial charge < -0.3 is 15.5 Å². The molecule has 0 saturated carbocycles. The van der Waals surface area contributed by atoms with Crippen molar-refractivity contribution in [1.82, 2.24) is 9.99 Å². The van der Waals surface area contributed by atoms with Gasteiger partial charge in [-0.3, -0.25) is 0 Å². The quantitative estimate of drug-likeness (QED) is 0.856. The molecule has 1 aliphatic rings. The van der Waals surface area contributed by atoms with Crippen molar-refractivity contribution in [2.24, 2.45) is 0 Å². The van der Waals surface area contributed by atoms with Crippen molar-refractivity contribution in [3.63, 3.8) is 0 Å². The minimum atomic E-state index is -0.703. The van der Waals surface area contributed by atoms with E-state index in [9.17, 15) is 8.78 Å². The lowest BCUT2D eigenvalue weighted by Crippen LogP contribution is -2.40. The summed E-state index contributed by atoms with van der Waals surface area (Å²) in [5.41, 5.74) is 2.85. The van der Waals surface area contributed by atoms with Crippen LogP contribution < -0.4 is 10.7 Å². The lowest BCUT2D eigenvalue weighted by atomic mass is 10.4. The molecule has 1 fully saturated rings. The molecule has 5 nitrogen and oxygen atoms in total. The van der Waals surface area contributed by atoms with Gasteiger partial charge in [0.05, 0.1) is 13.2 Å². The number of pyridine rings is 1. The molecule has 1 aromatic heterocycles. The van der Waals surface area contributed by atoms with Crippen LogP contribution in [0.4, 0.5) is 20.4 Å². The number of hydrogen-bond donors (Lipinski definition) is 2. The molecule has 0 spiro atoms. The van der Waals surface area contributed by atoms with E-state index in [1.807, 2.05) is 6.92 Å². The van der Waals surface area contributed by atoms with Crippen LogP contribution in [0.3, 0.4) is 0 Å². The Kier molecular flexibility index (Phi) is 4.86. The van der Waals surface area contributed by atoms with Crippen LogP contribution in [0.2, 0.25) is 0 Å². The molecule has 2 rings (SSSR count). The van der Waals surface area contributed by atoms with E-state index in [2.05, 4.69) is 15.7 Å². The number of aromatic nitrogens is 1. The van der Waals surface area contributed by atoms with Crippen LogP contribution in [-0.4, -0.2) is 42.8 Å². The molecule has 1 aliphatic heterocycles. The van der Waals surface area contributed by atoms with E-state index < -0.39 is 11.6 Å². The minimum Gasteiger partial charge on any atom is -0.379 e. The summed E-state index contributed by atoms with van der Waals surface area (Å²) in [6, 6.07) is 0.841. The zero-order chi connectivity index (χ0) is 13.7. The Morgan fingerprint density at radius 1 is 1.26 bits per heavy atom. The Hall–Kier alpha value is -1.47. The lowest BCUT2D eigenvalue weighted by molar-refractivity contribution is 0.0493. The Labute approximate surface area is 110 Å². The topological polar surface area (TPSA) is 49.4 Å². The molecule has 2 heterocycles. The van der Waals surface area contributed by atoms with E-state index in [4.69, 9.17) is 4.74 Å². The maximum absolute atomic E-state index is 13.7. The van der Waals surface area contributed by atoms with Crippen molar-refractivity contribution < 1.29 is 13.5 Å². The van der Waals surface area contributed by atoms with Gasteiger partial charge >= 0.3 is 0 Å². The molecule has 0 unspecified atom stereocenters. The van der Waals surface area contributed by atoms with Crippen molar-refractivity contribution >= 4 is 11.6 Å². The number of nitrogens with one attached hydrogen (secondary N) is 2. The maximum Gasteiger partial charge on any atom is 0.179 e. The van der Waals surface area contributed by atoms with Crippen molar-refractivity contribution in [2.75, 3.05) is 43.6 Å². The SMILES string of the molecule is CCCNc1nc(NN2CCOCC2)c(F)cc1F. The van der Waals surface area contributed by atoms with Crippen LogP contribution in [0, 0.1) is 11.6 Å². The monoisotopic (exact) mass is 272 g/mol. The molecule has 1 saturated heterocycles. The molecular weight excluding hydrogens is 254 g/mol. The standard InChI is InChI=1S/C12H18F2N4O/c1-2-3-15-11-9(13)8-10(14)12(16-11)17-18-4-6-19-7-5-18/h8H,2-7H2,1H3,(H2,15,16,17). The van der Waals surface area contributed by atoms with Gasteiger partial charge in [0.2, 0.25) is 0 Å². The van der Waals surface area contributed by atoms with Gasteiger partial charge in [-0.25, -0.2) is 18.8 Å². The predicted octanol–water partition coefficient (Wildman–Crippen LogP) is 1.84. The summed E-state index contributed by atoms with van der Waals surface area (Å²) in [6.45, 7) is 4.98. The van der Waals surface area contributed by atoms with Gasteiger partial charge in [0, 0.05) is 25.7 Å². The molecule has 0 aromatic carbocycles. The first-order valence-corrected chi connectivity index (χ1v) is 6.40. The molecule has 2 N–H and O–H groups in total. The fraction of sp³-hybridized carbons (Fsp3) is 0.583. The maximum atomic E-state index is 13.7. The Balaban J connectivity index is 2.09. The van der Waals surface area contributed by atoms with Crippen molar-refractivity contribution in [3.05, 3.63) is 17.7 Å². The number of hydrogen-bond acceptors (Lipinski definition) is 5. The van der Waals surface area contributed by atoms with Crippen LogP contribution >= 0.6 is 0 Å². The van der Waals surface area contributed by atoms with Crippen molar-refractivity contribution in [2.45, 2.75) is 13.3 Å². The van der Waals surface area contributed by atoms with E-state index in [-0.39, 0.29) is 11.6 Å². The first-order valence-electron chi connectivity index (χ1n) is 6.40. The van der Waals surface area contributed by atoms with Gasteiger partial charge in [-0.15, -0.1) is 0 Å². The number of morpholine rings is 1. The first kappa shape index (κ1) is 14.0. The fourth-order valence-electron chi connectivity index (χ4n) is 1.74. The van der Waals surface area contributed by atoms with E-state index in [1.165, 1.54) is 0 Å². The second-order valence-corrected chi connectivity index (χ2v) is 4.29. The molecule has 19 heavy (non-hydrogen) atoms. The van der Waals surface area contributed by atoms with E-state index in [0.717, 1.165) is 12.5 Å². The highest BCUT2D eigenvalue weighted by molar-refractivity contribution is 5.47. The summed E-state index contributed by atoms with van der Waals surface area (Å²) < 4.78 is 32.4. The van der Waals surface area contributed by atoms with Gasteiger partial charge in [0.1, 0.15) is 0 Å². The summed E-state index contributed by atoms with van der Waals surface area (Å²) in [6.07, 6.45) is 0.838. The van der Waals surface area contributed by atoms with E-state index in [0.29, 0.717) is 32.8 Å². The highest BCUT2D eigenvalue weighted by Crippen LogP contribution is 2.19. The third kappa shape index (κ3) is 3.74.